The van der Waals surface area contributed by atoms with Gasteiger partial charge in [0.2, 0.25) is 0 Å². The van der Waals surface area contributed by atoms with Crippen molar-refractivity contribution >= 4 is 5.91 Å². The van der Waals surface area contributed by atoms with Gasteiger partial charge in [0.1, 0.15) is 0 Å². The Bertz CT molecular complexity index is 549. The summed E-state index contributed by atoms with van der Waals surface area (Å²) in [6, 6.07) is 7.64. The Hall–Kier alpha value is -1.79. The third-order valence-electron chi connectivity index (χ3n) is 4.29. The smallest absolute Gasteiger partial charge is 0.251 e. The minimum absolute atomic E-state index is 0.00769. The van der Waals surface area contributed by atoms with Crippen LogP contribution >= 0.6 is 0 Å². The fourth-order valence-corrected chi connectivity index (χ4v) is 2.86. The summed E-state index contributed by atoms with van der Waals surface area (Å²) in [7, 11) is 0. The van der Waals surface area contributed by atoms with Gasteiger partial charge in [-0.1, -0.05) is 38.5 Å². The van der Waals surface area contributed by atoms with E-state index in [0.29, 0.717) is 12.1 Å². The maximum atomic E-state index is 12.4. The number of rotatable bonds is 2. The fourth-order valence-electron chi connectivity index (χ4n) is 2.86. The van der Waals surface area contributed by atoms with Crippen molar-refractivity contribution < 1.29 is 4.79 Å². The van der Waals surface area contributed by atoms with Crippen LogP contribution in [-0.4, -0.2) is 18.5 Å². The number of nitrogens with two attached hydrogens (primary N) is 1. The molecule has 0 saturated heterocycles. The SMILES string of the molecule is CC1(C)CCCCC1NC(=O)c1ccc(C#CCN)cc1. The third-order valence-corrected chi connectivity index (χ3v) is 4.29. The predicted octanol–water partition coefficient (Wildman–Crippen LogP) is 2.70. The number of amides is 1. The minimum Gasteiger partial charge on any atom is -0.349 e. The molecule has 21 heavy (non-hydrogen) atoms. The van der Waals surface area contributed by atoms with Crippen LogP contribution < -0.4 is 11.1 Å². The molecule has 0 spiro atoms. The predicted molar refractivity (Wildman–Crippen MR) is 85.9 cm³/mol. The van der Waals surface area contributed by atoms with E-state index in [1.807, 2.05) is 24.3 Å². The molecule has 0 aliphatic heterocycles. The molecular formula is C18H24N2O. The first-order valence-electron chi connectivity index (χ1n) is 7.63. The average Bonchev–Trinajstić information content (AvgIpc) is 2.47. The van der Waals surface area contributed by atoms with Crippen molar-refractivity contribution in [1.82, 2.24) is 5.32 Å². The van der Waals surface area contributed by atoms with Crippen molar-refractivity contribution in [2.75, 3.05) is 6.54 Å². The van der Waals surface area contributed by atoms with Gasteiger partial charge in [-0.15, -0.1) is 0 Å². The van der Waals surface area contributed by atoms with Gasteiger partial charge in [-0.3, -0.25) is 4.79 Å². The van der Waals surface area contributed by atoms with E-state index in [2.05, 4.69) is 31.0 Å². The Morgan fingerprint density at radius 2 is 2.05 bits per heavy atom. The molecule has 0 bridgehead atoms. The monoisotopic (exact) mass is 284 g/mol. The Morgan fingerprint density at radius 3 is 2.67 bits per heavy atom. The first kappa shape index (κ1) is 15.6. The highest BCUT2D eigenvalue weighted by Gasteiger charge is 2.33. The van der Waals surface area contributed by atoms with E-state index < -0.39 is 0 Å². The van der Waals surface area contributed by atoms with Crippen LogP contribution in [0.15, 0.2) is 24.3 Å². The molecule has 112 valence electrons. The van der Waals surface area contributed by atoms with Crippen LogP contribution in [0, 0.1) is 17.3 Å². The van der Waals surface area contributed by atoms with E-state index in [9.17, 15) is 4.79 Å². The fraction of sp³-hybridized carbons (Fsp3) is 0.500. The van der Waals surface area contributed by atoms with Crippen molar-refractivity contribution in [3.05, 3.63) is 35.4 Å². The van der Waals surface area contributed by atoms with Crippen LogP contribution in [0.1, 0.15) is 55.5 Å². The first-order chi connectivity index (χ1) is 10.0. The molecule has 1 amide bonds. The largest absolute Gasteiger partial charge is 0.349 e. The molecular weight excluding hydrogens is 260 g/mol. The number of carbonyl (C=O) groups is 1. The van der Waals surface area contributed by atoms with E-state index in [0.717, 1.165) is 12.0 Å². The standard InChI is InChI=1S/C18H24N2O/c1-18(2)12-4-3-7-16(18)20-17(21)15-10-8-14(9-11-15)6-5-13-19/h8-11,16H,3-4,7,12-13,19H2,1-2H3,(H,20,21). The summed E-state index contributed by atoms with van der Waals surface area (Å²) in [5.41, 5.74) is 7.10. The van der Waals surface area contributed by atoms with Gasteiger partial charge in [0.15, 0.2) is 0 Å². The minimum atomic E-state index is 0.00769. The van der Waals surface area contributed by atoms with Gasteiger partial charge in [-0.2, -0.15) is 0 Å². The lowest BCUT2D eigenvalue weighted by molar-refractivity contribution is 0.0853. The van der Waals surface area contributed by atoms with Crippen LogP contribution in [0.4, 0.5) is 0 Å². The molecule has 3 heteroatoms. The summed E-state index contributed by atoms with van der Waals surface area (Å²) in [6.07, 6.45) is 4.69. The van der Waals surface area contributed by atoms with Gasteiger partial charge in [0.25, 0.3) is 5.91 Å². The van der Waals surface area contributed by atoms with E-state index in [1.54, 1.807) is 0 Å². The molecule has 0 radical (unpaired) electrons. The first-order valence-corrected chi connectivity index (χ1v) is 7.63. The van der Waals surface area contributed by atoms with E-state index in [1.165, 1.54) is 19.3 Å². The van der Waals surface area contributed by atoms with Gasteiger partial charge >= 0.3 is 0 Å². The summed E-state index contributed by atoms with van der Waals surface area (Å²) >= 11 is 0. The van der Waals surface area contributed by atoms with Gasteiger partial charge in [0, 0.05) is 17.2 Å². The molecule has 1 aromatic carbocycles. The maximum Gasteiger partial charge on any atom is 0.251 e. The zero-order valence-electron chi connectivity index (χ0n) is 12.9. The highest BCUT2D eigenvalue weighted by atomic mass is 16.1. The van der Waals surface area contributed by atoms with Crippen LogP contribution in [0.3, 0.4) is 0 Å². The normalized spacial score (nSPS) is 20.2. The van der Waals surface area contributed by atoms with Crippen molar-refractivity contribution in [2.45, 2.75) is 45.6 Å². The molecule has 1 aromatic rings. The van der Waals surface area contributed by atoms with Gasteiger partial charge < -0.3 is 11.1 Å². The maximum absolute atomic E-state index is 12.4. The number of hydrogen-bond donors (Lipinski definition) is 2. The van der Waals surface area contributed by atoms with Crippen LogP contribution in [0.5, 0.6) is 0 Å². The molecule has 3 N–H and O–H groups in total. The second-order valence-corrected chi connectivity index (χ2v) is 6.34. The Labute approximate surface area is 127 Å². The van der Waals surface area contributed by atoms with Crippen molar-refractivity contribution in [2.24, 2.45) is 11.1 Å². The summed E-state index contributed by atoms with van der Waals surface area (Å²) in [5, 5.41) is 3.19. The van der Waals surface area contributed by atoms with E-state index in [4.69, 9.17) is 5.73 Å². The number of hydrogen-bond acceptors (Lipinski definition) is 2. The van der Waals surface area contributed by atoms with Gasteiger partial charge in [-0.25, -0.2) is 0 Å². The van der Waals surface area contributed by atoms with Crippen LogP contribution in [-0.2, 0) is 0 Å². The second kappa shape index (κ2) is 6.78. The lowest BCUT2D eigenvalue weighted by Gasteiger charge is -2.39. The molecule has 1 unspecified atom stereocenters. The lowest BCUT2D eigenvalue weighted by Crippen LogP contribution is -2.46. The van der Waals surface area contributed by atoms with Crippen molar-refractivity contribution in [1.29, 1.82) is 0 Å². The third kappa shape index (κ3) is 4.09. The second-order valence-electron chi connectivity index (χ2n) is 6.34. The Morgan fingerprint density at radius 1 is 1.33 bits per heavy atom. The molecule has 1 atom stereocenters. The van der Waals surface area contributed by atoms with E-state index in [-0.39, 0.29) is 17.4 Å². The average molecular weight is 284 g/mol. The molecule has 1 fully saturated rings. The summed E-state index contributed by atoms with van der Waals surface area (Å²) < 4.78 is 0. The van der Waals surface area contributed by atoms with Crippen molar-refractivity contribution in [3.63, 3.8) is 0 Å². The quantitative estimate of drug-likeness (QED) is 0.820. The van der Waals surface area contributed by atoms with Gasteiger partial charge in [-0.05, 0) is 42.5 Å². The Kier molecular flexibility index (Phi) is 5.03. The number of nitrogens with one attached hydrogen (secondary N) is 1. The zero-order valence-corrected chi connectivity index (χ0v) is 12.9. The summed E-state index contributed by atoms with van der Waals surface area (Å²) in [5.74, 6) is 5.77. The summed E-state index contributed by atoms with van der Waals surface area (Å²) in [4.78, 5) is 12.4. The van der Waals surface area contributed by atoms with Crippen LogP contribution in [0.2, 0.25) is 0 Å². The number of benzene rings is 1. The highest BCUT2D eigenvalue weighted by molar-refractivity contribution is 5.94. The van der Waals surface area contributed by atoms with Gasteiger partial charge in [0.05, 0.1) is 6.54 Å². The lowest BCUT2D eigenvalue weighted by atomic mass is 9.73. The molecule has 1 aliphatic rings. The summed E-state index contributed by atoms with van der Waals surface area (Å²) in [6.45, 7) is 4.82. The van der Waals surface area contributed by atoms with E-state index >= 15 is 0 Å². The topological polar surface area (TPSA) is 55.1 Å². The zero-order chi connectivity index (χ0) is 15.3. The molecule has 0 aromatic heterocycles. The molecule has 1 saturated carbocycles. The van der Waals surface area contributed by atoms with Crippen LogP contribution in [0.25, 0.3) is 0 Å². The number of carbonyl (C=O) groups excluding carboxylic acids is 1. The molecule has 3 nitrogen and oxygen atoms in total. The Balaban J connectivity index is 2.03. The highest BCUT2D eigenvalue weighted by Crippen LogP contribution is 2.35. The molecule has 1 aliphatic carbocycles. The molecule has 0 heterocycles. The molecule has 2 rings (SSSR count). The van der Waals surface area contributed by atoms with Crippen molar-refractivity contribution in [3.8, 4) is 11.8 Å².